The van der Waals surface area contributed by atoms with E-state index < -0.39 is 0 Å². The van der Waals surface area contributed by atoms with Crippen LogP contribution in [0.2, 0.25) is 0 Å². The smallest absolute Gasteiger partial charge is 0.136 e. The molecule has 1 unspecified atom stereocenters. The van der Waals surface area contributed by atoms with Gasteiger partial charge in [0.2, 0.25) is 0 Å². The first-order chi connectivity index (χ1) is 6.88. The van der Waals surface area contributed by atoms with E-state index in [0.29, 0.717) is 11.7 Å². The molecule has 0 radical (unpaired) electrons. The fourth-order valence-corrected chi connectivity index (χ4v) is 2.45. The average Bonchev–Trinajstić information content (AvgIpc) is 2.47. The molecule has 0 heterocycles. The molecule has 1 nitrogen and oxygen atoms in total. The van der Waals surface area contributed by atoms with Crippen molar-refractivity contribution in [3.05, 3.63) is 24.3 Å². The summed E-state index contributed by atoms with van der Waals surface area (Å²) in [5.41, 5.74) is 0. The quantitative estimate of drug-likeness (QED) is 0.580. The first kappa shape index (κ1) is 9.70. The van der Waals surface area contributed by atoms with Crippen molar-refractivity contribution in [3.63, 3.8) is 0 Å². The minimum absolute atomic E-state index is 0.286. The van der Waals surface area contributed by atoms with Gasteiger partial charge >= 0.3 is 0 Å². The highest BCUT2D eigenvalue weighted by Gasteiger charge is 2.27. The third-order valence-electron chi connectivity index (χ3n) is 3.28. The molecule has 1 heteroatoms. The van der Waals surface area contributed by atoms with Gasteiger partial charge in [0.05, 0.1) is 0 Å². The molecule has 1 fully saturated rings. The van der Waals surface area contributed by atoms with E-state index in [2.05, 4.69) is 24.3 Å². The van der Waals surface area contributed by atoms with E-state index in [0.717, 1.165) is 32.1 Å². The Morgan fingerprint density at radius 3 is 2.43 bits per heavy atom. The first-order valence-electron chi connectivity index (χ1n) is 5.74. The molecule has 2 aliphatic rings. The van der Waals surface area contributed by atoms with E-state index in [1.54, 1.807) is 0 Å². The highest BCUT2D eigenvalue weighted by molar-refractivity contribution is 5.82. The topological polar surface area (TPSA) is 17.1 Å². The monoisotopic (exact) mass is 190 g/mol. The lowest BCUT2D eigenvalue weighted by atomic mass is 9.79. The highest BCUT2D eigenvalue weighted by Crippen LogP contribution is 2.30. The van der Waals surface area contributed by atoms with Gasteiger partial charge in [0, 0.05) is 18.3 Å². The number of allylic oxidation sites excluding steroid dienone is 4. The van der Waals surface area contributed by atoms with Crippen LogP contribution in [0.5, 0.6) is 0 Å². The van der Waals surface area contributed by atoms with Gasteiger partial charge in [-0.05, 0) is 25.7 Å². The summed E-state index contributed by atoms with van der Waals surface area (Å²) < 4.78 is 0. The molecule has 0 aromatic rings. The number of hydrogen-bond donors (Lipinski definition) is 0. The van der Waals surface area contributed by atoms with Crippen LogP contribution in [-0.2, 0) is 4.79 Å². The molecule has 0 aliphatic heterocycles. The molecule has 0 spiro atoms. The van der Waals surface area contributed by atoms with Crippen LogP contribution < -0.4 is 0 Å². The van der Waals surface area contributed by atoms with Gasteiger partial charge in [-0.15, -0.1) is 0 Å². The zero-order valence-corrected chi connectivity index (χ0v) is 8.61. The Morgan fingerprint density at radius 1 is 1.07 bits per heavy atom. The number of hydrogen-bond acceptors (Lipinski definition) is 1. The van der Waals surface area contributed by atoms with Crippen molar-refractivity contribution < 1.29 is 4.79 Å². The maximum absolute atomic E-state index is 11.7. The standard InChI is InChI=1S/C13H18O/c14-13-10-6-5-9-12(13)11-7-3-1-2-4-8-11/h3-4,7-8,11-12H,1-2,5-6,9-10H2. The van der Waals surface area contributed by atoms with Gasteiger partial charge in [0.1, 0.15) is 5.78 Å². The van der Waals surface area contributed by atoms with E-state index >= 15 is 0 Å². The van der Waals surface area contributed by atoms with E-state index in [-0.39, 0.29) is 5.92 Å². The molecule has 0 aromatic carbocycles. The normalized spacial score (nSPS) is 29.1. The third kappa shape index (κ3) is 2.14. The van der Waals surface area contributed by atoms with Crippen molar-refractivity contribution in [1.29, 1.82) is 0 Å². The van der Waals surface area contributed by atoms with Crippen LogP contribution in [0, 0.1) is 11.8 Å². The number of carbonyl (C=O) groups is 1. The lowest BCUT2D eigenvalue weighted by Crippen LogP contribution is -2.24. The van der Waals surface area contributed by atoms with E-state index in [1.807, 2.05) is 0 Å². The van der Waals surface area contributed by atoms with Gasteiger partial charge in [-0.2, -0.15) is 0 Å². The van der Waals surface area contributed by atoms with Gasteiger partial charge in [0.25, 0.3) is 0 Å². The molecular weight excluding hydrogens is 172 g/mol. The molecular formula is C13H18O. The summed E-state index contributed by atoms with van der Waals surface area (Å²) in [6.45, 7) is 0. The minimum atomic E-state index is 0.286. The molecule has 76 valence electrons. The molecule has 2 rings (SSSR count). The Labute approximate surface area is 85.9 Å². The van der Waals surface area contributed by atoms with Crippen LogP contribution in [0.3, 0.4) is 0 Å². The summed E-state index contributed by atoms with van der Waals surface area (Å²) in [4.78, 5) is 11.7. The summed E-state index contributed by atoms with van der Waals surface area (Å²) >= 11 is 0. The Balaban J connectivity index is 2.07. The fourth-order valence-electron chi connectivity index (χ4n) is 2.45. The van der Waals surface area contributed by atoms with Gasteiger partial charge < -0.3 is 0 Å². The Morgan fingerprint density at radius 2 is 1.79 bits per heavy atom. The van der Waals surface area contributed by atoms with E-state index in [1.165, 1.54) is 6.42 Å². The van der Waals surface area contributed by atoms with Gasteiger partial charge in [0.15, 0.2) is 0 Å². The zero-order chi connectivity index (χ0) is 9.80. The van der Waals surface area contributed by atoms with Crippen molar-refractivity contribution in [1.82, 2.24) is 0 Å². The van der Waals surface area contributed by atoms with E-state index in [9.17, 15) is 4.79 Å². The predicted octanol–water partition coefficient (Wildman–Crippen LogP) is 3.27. The van der Waals surface area contributed by atoms with Crippen LogP contribution in [-0.4, -0.2) is 5.78 Å². The van der Waals surface area contributed by atoms with Crippen LogP contribution >= 0.6 is 0 Å². The second kappa shape index (κ2) is 4.59. The van der Waals surface area contributed by atoms with Crippen LogP contribution in [0.1, 0.15) is 38.5 Å². The van der Waals surface area contributed by atoms with E-state index in [4.69, 9.17) is 0 Å². The summed E-state index contributed by atoms with van der Waals surface area (Å²) in [7, 11) is 0. The largest absolute Gasteiger partial charge is 0.299 e. The van der Waals surface area contributed by atoms with Crippen molar-refractivity contribution in [2.75, 3.05) is 0 Å². The molecule has 2 aliphatic carbocycles. The lowest BCUT2D eigenvalue weighted by molar-refractivity contribution is -0.125. The Hall–Kier alpha value is -0.850. The predicted molar refractivity (Wildman–Crippen MR) is 58.0 cm³/mol. The number of ketones is 1. The highest BCUT2D eigenvalue weighted by atomic mass is 16.1. The summed E-state index contributed by atoms with van der Waals surface area (Å²) in [6, 6.07) is 0. The van der Waals surface area contributed by atoms with Gasteiger partial charge in [-0.1, -0.05) is 30.7 Å². The third-order valence-corrected chi connectivity index (χ3v) is 3.28. The Kier molecular flexibility index (Phi) is 3.18. The SMILES string of the molecule is O=C1CCCCC1C1C=CCCC=C1. The molecule has 0 bridgehead atoms. The molecule has 0 N–H and O–H groups in total. The molecule has 0 amide bonds. The van der Waals surface area contributed by atoms with Gasteiger partial charge in [-0.3, -0.25) is 4.79 Å². The van der Waals surface area contributed by atoms with Crippen molar-refractivity contribution in [3.8, 4) is 0 Å². The Bertz CT molecular complexity index is 248. The summed E-state index contributed by atoms with van der Waals surface area (Å²) in [5, 5.41) is 0. The second-order valence-electron chi connectivity index (χ2n) is 4.33. The lowest BCUT2D eigenvalue weighted by Gasteiger charge is -2.24. The fraction of sp³-hybridized carbons (Fsp3) is 0.615. The molecule has 1 saturated carbocycles. The maximum atomic E-state index is 11.7. The first-order valence-corrected chi connectivity index (χ1v) is 5.74. The summed E-state index contributed by atoms with van der Waals surface area (Å²) in [6.07, 6.45) is 15.4. The van der Waals surface area contributed by atoms with Crippen molar-refractivity contribution in [2.24, 2.45) is 11.8 Å². The maximum Gasteiger partial charge on any atom is 0.136 e. The minimum Gasteiger partial charge on any atom is -0.299 e. The number of carbonyl (C=O) groups excluding carboxylic acids is 1. The molecule has 0 aromatic heterocycles. The van der Waals surface area contributed by atoms with Crippen molar-refractivity contribution >= 4 is 5.78 Å². The van der Waals surface area contributed by atoms with Crippen LogP contribution in [0.4, 0.5) is 0 Å². The van der Waals surface area contributed by atoms with Crippen LogP contribution in [0.25, 0.3) is 0 Å². The zero-order valence-electron chi connectivity index (χ0n) is 8.61. The molecule has 0 saturated heterocycles. The van der Waals surface area contributed by atoms with Crippen molar-refractivity contribution in [2.45, 2.75) is 38.5 Å². The molecule has 14 heavy (non-hydrogen) atoms. The summed E-state index contributed by atoms with van der Waals surface area (Å²) in [5.74, 6) is 1.16. The number of rotatable bonds is 1. The second-order valence-corrected chi connectivity index (χ2v) is 4.33. The van der Waals surface area contributed by atoms with Crippen LogP contribution in [0.15, 0.2) is 24.3 Å². The van der Waals surface area contributed by atoms with Gasteiger partial charge in [-0.25, -0.2) is 0 Å². The molecule has 1 atom stereocenters. The average molecular weight is 190 g/mol. The number of Topliss-reactive ketones (excluding diaryl/α,β-unsaturated/α-hetero) is 1.